The smallest absolute Gasteiger partial charge is 0.224 e. The van der Waals surface area contributed by atoms with E-state index in [1.54, 1.807) is 0 Å². The first kappa shape index (κ1) is 16.3. The predicted octanol–water partition coefficient (Wildman–Crippen LogP) is 2.73. The number of amides is 2. The number of likely N-dealkylation sites (tertiary alicyclic amines) is 2. The summed E-state index contributed by atoms with van der Waals surface area (Å²) in [5.74, 6) is 2.66. The SMILES string of the molecule is CC(C)C[C@H]1CC(=O)N(CN2C[C@@H](CC(C)C)CC2=O)C1. The molecule has 2 amide bonds. The van der Waals surface area contributed by atoms with Gasteiger partial charge in [-0.15, -0.1) is 0 Å². The Balaban J connectivity index is 1.84. The van der Waals surface area contributed by atoms with Crippen molar-refractivity contribution in [3.8, 4) is 0 Å². The lowest BCUT2D eigenvalue weighted by Crippen LogP contribution is -2.39. The molecular weight excluding hydrogens is 264 g/mol. The fourth-order valence-electron chi connectivity index (χ4n) is 3.84. The summed E-state index contributed by atoms with van der Waals surface area (Å²) in [4.78, 5) is 28.0. The molecule has 2 atom stereocenters. The second-order valence-electron chi connectivity index (χ2n) is 7.77. The molecule has 21 heavy (non-hydrogen) atoms. The average Bonchev–Trinajstić information content (AvgIpc) is 2.82. The molecule has 0 aromatic heterocycles. The number of carbonyl (C=O) groups is 2. The van der Waals surface area contributed by atoms with Crippen molar-refractivity contribution >= 4 is 11.8 Å². The Labute approximate surface area is 128 Å². The molecule has 0 aromatic rings. The maximum absolute atomic E-state index is 12.1. The van der Waals surface area contributed by atoms with Gasteiger partial charge in [0, 0.05) is 25.9 Å². The molecule has 4 heteroatoms. The summed E-state index contributed by atoms with van der Waals surface area (Å²) in [6.45, 7) is 11.0. The van der Waals surface area contributed by atoms with Gasteiger partial charge in [-0.1, -0.05) is 27.7 Å². The van der Waals surface area contributed by atoms with Crippen LogP contribution in [-0.2, 0) is 9.59 Å². The van der Waals surface area contributed by atoms with Gasteiger partial charge in [0.2, 0.25) is 11.8 Å². The second kappa shape index (κ2) is 6.80. The fourth-order valence-corrected chi connectivity index (χ4v) is 3.84. The number of carbonyl (C=O) groups excluding carboxylic acids is 2. The molecule has 0 N–H and O–H groups in total. The molecule has 0 spiro atoms. The molecule has 2 fully saturated rings. The molecule has 120 valence electrons. The largest absolute Gasteiger partial charge is 0.325 e. The highest BCUT2D eigenvalue weighted by Crippen LogP contribution is 2.28. The van der Waals surface area contributed by atoms with E-state index in [1.165, 1.54) is 0 Å². The Morgan fingerprint density at radius 1 is 0.857 bits per heavy atom. The van der Waals surface area contributed by atoms with Crippen molar-refractivity contribution in [3.05, 3.63) is 0 Å². The number of hydrogen-bond donors (Lipinski definition) is 0. The average molecular weight is 294 g/mol. The third kappa shape index (κ3) is 4.45. The molecule has 2 heterocycles. The zero-order chi connectivity index (χ0) is 15.6. The lowest BCUT2D eigenvalue weighted by molar-refractivity contribution is -0.134. The van der Waals surface area contributed by atoms with Gasteiger partial charge in [0.15, 0.2) is 0 Å². The van der Waals surface area contributed by atoms with Crippen LogP contribution in [0.4, 0.5) is 0 Å². The van der Waals surface area contributed by atoms with E-state index in [2.05, 4.69) is 27.7 Å². The van der Waals surface area contributed by atoms with Crippen LogP contribution in [0.3, 0.4) is 0 Å². The first-order valence-electron chi connectivity index (χ1n) is 8.40. The molecular formula is C17H30N2O2. The molecule has 0 unspecified atom stereocenters. The lowest BCUT2D eigenvalue weighted by Gasteiger charge is -2.25. The zero-order valence-electron chi connectivity index (χ0n) is 14.0. The normalized spacial score (nSPS) is 26.8. The molecule has 4 nitrogen and oxygen atoms in total. The summed E-state index contributed by atoms with van der Waals surface area (Å²) in [7, 11) is 0. The van der Waals surface area contributed by atoms with Gasteiger partial charge in [-0.05, 0) is 36.5 Å². The highest BCUT2D eigenvalue weighted by molar-refractivity contribution is 5.81. The summed E-state index contributed by atoms with van der Waals surface area (Å²) in [5.41, 5.74) is 0. The Morgan fingerprint density at radius 2 is 1.24 bits per heavy atom. The highest BCUT2D eigenvalue weighted by Gasteiger charge is 2.35. The maximum Gasteiger partial charge on any atom is 0.224 e. The van der Waals surface area contributed by atoms with Crippen LogP contribution in [0.25, 0.3) is 0 Å². The van der Waals surface area contributed by atoms with Gasteiger partial charge in [-0.3, -0.25) is 9.59 Å². The van der Waals surface area contributed by atoms with E-state index in [0.717, 1.165) is 25.9 Å². The summed E-state index contributed by atoms with van der Waals surface area (Å²) >= 11 is 0. The van der Waals surface area contributed by atoms with Crippen molar-refractivity contribution in [1.82, 2.24) is 9.80 Å². The molecule has 0 aromatic carbocycles. The lowest BCUT2D eigenvalue weighted by atomic mass is 9.96. The molecule has 2 saturated heterocycles. The van der Waals surface area contributed by atoms with E-state index >= 15 is 0 Å². The van der Waals surface area contributed by atoms with Gasteiger partial charge in [0.25, 0.3) is 0 Å². The molecule has 2 aliphatic rings. The summed E-state index contributed by atoms with van der Waals surface area (Å²) < 4.78 is 0. The third-order valence-electron chi connectivity index (χ3n) is 4.54. The Bertz CT molecular complexity index is 356. The Hall–Kier alpha value is -1.06. The zero-order valence-corrected chi connectivity index (χ0v) is 14.0. The van der Waals surface area contributed by atoms with E-state index in [0.29, 0.717) is 43.2 Å². The van der Waals surface area contributed by atoms with E-state index < -0.39 is 0 Å². The van der Waals surface area contributed by atoms with Crippen LogP contribution < -0.4 is 0 Å². The molecule has 2 rings (SSSR count). The van der Waals surface area contributed by atoms with Crippen LogP contribution in [0, 0.1) is 23.7 Å². The standard InChI is InChI=1S/C17H30N2O2/c1-12(2)5-14-7-16(20)18(9-14)11-19-10-15(6-13(3)4)8-17(19)21/h12-15H,5-11H2,1-4H3/t14-,15-/m0/s1. The quantitative estimate of drug-likeness (QED) is 0.756. The van der Waals surface area contributed by atoms with Crippen LogP contribution >= 0.6 is 0 Å². The molecule has 0 bridgehead atoms. The van der Waals surface area contributed by atoms with Gasteiger partial charge >= 0.3 is 0 Å². The van der Waals surface area contributed by atoms with Crippen molar-refractivity contribution < 1.29 is 9.59 Å². The van der Waals surface area contributed by atoms with Gasteiger partial charge < -0.3 is 9.80 Å². The third-order valence-corrected chi connectivity index (χ3v) is 4.54. The second-order valence-corrected chi connectivity index (χ2v) is 7.77. The van der Waals surface area contributed by atoms with E-state index in [-0.39, 0.29) is 11.8 Å². The number of rotatable bonds is 6. The minimum atomic E-state index is 0.223. The maximum atomic E-state index is 12.1. The van der Waals surface area contributed by atoms with Crippen molar-refractivity contribution in [3.63, 3.8) is 0 Å². The summed E-state index contributed by atoms with van der Waals surface area (Å²) in [6, 6.07) is 0. The Kier molecular flexibility index (Phi) is 5.28. The van der Waals surface area contributed by atoms with Crippen molar-refractivity contribution in [2.75, 3.05) is 19.8 Å². The monoisotopic (exact) mass is 294 g/mol. The van der Waals surface area contributed by atoms with Crippen LogP contribution in [0.1, 0.15) is 53.4 Å². The van der Waals surface area contributed by atoms with E-state index in [4.69, 9.17) is 0 Å². The highest BCUT2D eigenvalue weighted by atomic mass is 16.2. The first-order chi connectivity index (χ1) is 9.85. The van der Waals surface area contributed by atoms with Gasteiger partial charge in [0.05, 0.1) is 6.67 Å². The molecule has 0 radical (unpaired) electrons. The minimum Gasteiger partial charge on any atom is -0.325 e. The summed E-state index contributed by atoms with van der Waals surface area (Å²) in [6.07, 6.45) is 3.53. The number of nitrogens with zero attached hydrogens (tertiary/aromatic N) is 2. The van der Waals surface area contributed by atoms with Crippen LogP contribution in [-0.4, -0.2) is 41.4 Å². The minimum absolute atomic E-state index is 0.223. The Morgan fingerprint density at radius 3 is 1.57 bits per heavy atom. The molecule has 0 aliphatic carbocycles. The van der Waals surface area contributed by atoms with Gasteiger partial charge in [-0.2, -0.15) is 0 Å². The summed E-state index contributed by atoms with van der Waals surface area (Å²) in [5, 5.41) is 0. The van der Waals surface area contributed by atoms with Gasteiger partial charge in [0.1, 0.15) is 0 Å². The fraction of sp³-hybridized carbons (Fsp3) is 0.882. The number of hydrogen-bond acceptors (Lipinski definition) is 2. The topological polar surface area (TPSA) is 40.6 Å². The molecule has 2 aliphatic heterocycles. The predicted molar refractivity (Wildman–Crippen MR) is 83.4 cm³/mol. The van der Waals surface area contributed by atoms with E-state index in [9.17, 15) is 9.59 Å². The van der Waals surface area contributed by atoms with Crippen LogP contribution in [0.5, 0.6) is 0 Å². The van der Waals surface area contributed by atoms with Crippen molar-refractivity contribution in [2.24, 2.45) is 23.7 Å². The van der Waals surface area contributed by atoms with Crippen molar-refractivity contribution in [2.45, 2.75) is 53.4 Å². The van der Waals surface area contributed by atoms with Gasteiger partial charge in [-0.25, -0.2) is 0 Å². The van der Waals surface area contributed by atoms with Crippen LogP contribution in [0.15, 0.2) is 0 Å². The molecule has 0 saturated carbocycles. The van der Waals surface area contributed by atoms with Crippen LogP contribution in [0.2, 0.25) is 0 Å². The van der Waals surface area contributed by atoms with Crippen molar-refractivity contribution in [1.29, 1.82) is 0 Å². The first-order valence-corrected chi connectivity index (χ1v) is 8.40. The van der Waals surface area contributed by atoms with E-state index in [1.807, 2.05) is 9.80 Å².